The van der Waals surface area contributed by atoms with E-state index < -0.39 is 53.6 Å². The van der Waals surface area contributed by atoms with Gasteiger partial charge in [-0.25, -0.2) is 4.98 Å². The second-order valence-corrected chi connectivity index (χ2v) is 7.89. The molecular weight excluding hydrogens is 492 g/mol. The molecule has 2 aromatic rings. The normalized spacial score (nSPS) is 15.2. The van der Waals surface area contributed by atoms with Gasteiger partial charge in [-0.05, 0) is 37.1 Å². The number of para-hydroxylation sites is 1. The molecule has 1 amide bonds. The fourth-order valence-corrected chi connectivity index (χ4v) is 3.62. The van der Waals surface area contributed by atoms with E-state index in [1.807, 2.05) is 5.32 Å². The van der Waals surface area contributed by atoms with Gasteiger partial charge in [-0.2, -0.15) is 26.3 Å². The van der Waals surface area contributed by atoms with E-state index in [2.05, 4.69) is 4.98 Å². The Balaban J connectivity index is 1.50. The van der Waals surface area contributed by atoms with Crippen molar-refractivity contribution >= 4 is 35.0 Å². The van der Waals surface area contributed by atoms with Crippen LogP contribution in [0.25, 0.3) is 0 Å². The average Bonchev–Trinajstić information content (AvgIpc) is 2.77. The summed E-state index contributed by atoms with van der Waals surface area (Å²) in [5.74, 6) is -1.94. The number of nitrogens with one attached hydrogen (secondary N) is 1. The van der Waals surface area contributed by atoms with Gasteiger partial charge in [0.05, 0.1) is 27.8 Å². The third kappa shape index (κ3) is 6.31. The maximum atomic E-state index is 13.1. The van der Waals surface area contributed by atoms with E-state index in [1.54, 1.807) is 4.90 Å². The molecule has 13 heteroatoms. The first-order chi connectivity index (χ1) is 15.9. The Morgan fingerprint density at radius 3 is 2.29 bits per heavy atom. The molecule has 0 unspecified atom stereocenters. The molecule has 34 heavy (non-hydrogen) atoms. The van der Waals surface area contributed by atoms with Crippen LogP contribution in [0.5, 0.6) is 0 Å². The monoisotopic (exact) mass is 509 g/mol. The second-order valence-electron chi connectivity index (χ2n) is 7.48. The number of alkyl halides is 6. The summed E-state index contributed by atoms with van der Waals surface area (Å²) in [6, 6.07) is 5.19. The van der Waals surface area contributed by atoms with Crippen molar-refractivity contribution in [2.75, 3.05) is 29.9 Å². The maximum absolute atomic E-state index is 13.1. The Morgan fingerprint density at radius 1 is 1.06 bits per heavy atom. The molecule has 0 aliphatic carbocycles. The lowest BCUT2D eigenvalue weighted by Gasteiger charge is -2.31. The molecule has 1 saturated heterocycles. The molecule has 0 saturated carbocycles. The van der Waals surface area contributed by atoms with Gasteiger partial charge in [-0.15, -0.1) is 0 Å². The number of halogens is 7. The van der Waals surface area contributed by atoms with Gasteiger partial charge in [0.1, 0.15) is 5.82 Å². The van der Waals surface area contributed by atoms with Crippen molar-refractivity contribution in [2.45, 2.75) is 25.2 Å². The SMILES string of the molecule is O=C(COC(=O)C1CCN(c2ccc(C(F)(F)F)cn2)CC1)Nc1c(Cl)cccc1C(F)(F)F. The summed E-state index contributed by atoms with van der Waals surface area (Å²) in [4.78, 5) is 29.9. The molecule has 0 bridgehead atoms. The van der Waals surface area contributed by atoms with Crippen LogP contribution in [-0.4, -0.2) is 36.6 Å². The Bertz CT molecular complexity index is 1040. The number of benzene rings is 1. The van der Waals surface area contributed by atoms with Crippen molar-refractivity contribution in [2.24, 2.45) is 5.92 Å². The minimum absolute atomic E-state index is 0.298. The zero-order valence-corrected chi connectivity index (χ0v) is 18.1. The van der Waals surface area contributed by atoms with Gasteiger partial charge >= 0.3 is 18.3 Å². The van der Waals surface area contributed by atoms with E-state index in [0.717, 1.165) is 24.4 Å². The van der Waals surface area contributed by atoms with Crippen LogP contribution in [0.15, 0.2) is 36.5 Å². The summed E-state index contributed by atoms with van der Waals surface area (Å²) >= 11 is 5.77. The van der Waals surface area contributed by atoms with E-state index in [0.29, 0.717) is 31.7 Å². The van der Waals surface area contributed by atoms with E-state index in [-0.39, 0.29) is 5.02 Å². The van der Waals surface area contributed by atoms with Crippen molar-refractivity contribution in [3.05, 3.63) is 52.7 Å². The average molecular weight is 510 g/mol. The van der Waals surface area contributed by atoms with Gasteiger partial charge in [0, 0.05) is 19.3 Å². The van der Waals surface area contributed by atoms with Gasteiger partial charge in [0.25, 0.3) is 5.91 Å². The number of pyridine rings is 1. The fourth-order valence-electron chi connectivity index (χ4n) is 3.40. The zero-order valence-electron chi connectivity index (χ0n) is 17.3. The molecule has 0 spiro atoms. The molecule has 3 rings (SSSR count). The van der Waals surface area contributed by atoms with Crippen molar-refractivity contribution in [3.63, 3.8) is 0 Å². The lowest BCUT2D eigenvalue weighted by Crippen LogP contribution is -2.38. The highest BCUT2D eigenvalue weighted by molar-refractivity contribution is 6.34. The summed E-state index contributed by atoms with van der Waals surface area (Å²) in [5.41, 5.74) is -2.63. The first-order valence-electron chi connectivity index (χ1n) is 9.96. The molecule has 1 N–H and O–H groups in total. The number of carbonyl (C=O) groups is 2. The smallest absolute Gasteiger partial charge is 0.418 e. The van der Waals surface area contributed by atoms with Crippen molar-refractivity contribution in [1.29, 1.82) is 0 Å². The highest BCUT2D eigenvalue weighted by Gasteiger charge is 2.35. The molecule has 2 heterocycles. The van der Waals surface area contributed by atoms with Gasteiger partial charge < -0.3 is 15.0 Å². The predicted molar refractivity (Wildman–Crippen MR) is 110 cm³/mol. The first-order valence-corrected chi connectivity index (χ1v) is 10.3. The van der Waals surface area contributed by atoms with Gasteiger partial charge in [-0.1, -0.05) is 17.7 Å². The molecular formula is C21H18ClF6N3O3. The van der Waals surface area contributed by atoms with Crippen LogP contribution < -0.4 is 10.2 Å². The topological polar surface area (TPSA) is 71.5 Å². The number of amides is 1. The molecule has 0 radical (unpaired) electrons. The molecule has 1 aliphatic rings. The molecule has 0 atom stereocenters. The number of aromatic nitrogens is 1. The maximum Gasteiger partial charge on any atom is 0.418 e. The van der Waals surface area contributed by atoms with E-state index in [1.165, 1.54) is 12.1 Å². The van der Waals surface area contributed by atoms with Crippen LogP contribution in [0.3, 0.4) is 0 Å². The standard InChI is InChI=1S/C21H18ClF6N3O3/c22-15-3-1-2-14(21(26,27)28)18(15)30-17(32)11-34-19(33)12-6-8-31(9-7-12)16-5-4-13(10-29-16)20(23,24)25/h1-5,10,12H,6-9,11H2,(H,30,32). The number of anilines is 2. The van der Waals surface area contributed by atoms with Crippen molar-refractivity contribution in [3.8, 4) is 0 Å². The van der Waals surface area contributed by atoms with Crippen molar-refractivity contribution < 1.29 is 40.7 Å². The van der Waals surface area contributed by atoms with E-state index in [4.69, 9.17) is 16.3 Å². The molecule has 1 aromatic carbocycles. The lowest BCUT2D eigenvalue weighted by molar-refractivity contribution is -0.152. The summed E-state index contributed by atoms with van der Waals surface area (Å²) in [7, 11) is 0. The minimum atomic E-state index is -4.75. The number of carbonyl (C=O) groups excluding carboxylic acids is 2. The van der Waals surface area contributed by atoms with Crippen LogP contribution in [0.1, 0.15) is 24.0 Å². The van der Waals surface area contributed by atoms with Crippen LogP contribution in [0, 0.1) is 5.92 Å². The Hall–Kier alpha value is -3.02. The highest BCUT2D eigenvalue weighted by atomic mass is 35.5. The Morgan fingerprint density at radius 2 is 1.74 bits per heavy atom. The Labute approximate surface area is 194 Å². The van der Waals surface area contributed by atoms with E-state index >= 15 is 0 Å². The van der Waals surface area contributed by atoms with Crippen LogP contribution in [0.4, 0.5) is 37.8 Å². The molecule has 1 fully saturated rings. The van der Waals surface area contributed by atoms with Crippen LogP contribution >= 0.6 is 11.6 Å². The zero-order chi connectivity index (χ0) is 25.1. The highest BCUT2D eigenvalue weighted by Crippen LogP contribution is 2.38. The molecule has 1 aliphatic heterocycles. The summed E-state index contributed by atoms with van der Waals surface area (Å²) in [6.07, 6.45) is -7.91. The van der Waals surface area contributed by atoms with Crippen molar-refractivity contribution in [1.82, 2.24) is 4.98 Å². The molecule has 6 nitrogen and oxygen atoms in total. The third-order valence-electron chi connectivity index (χ3n) is 5.16. The molecule has 1 aromatic heterocycles. The number of rotatable bonds is 5. The summed E-state index contributed by atoms with van der Waals surface area (Å²) in [6.45, 7) is -0.167. The number of hydrogen-bond acceptors (Lipinski definition) is 5. The van der Waals surface area contributed by atoms with Crippen LogP contribution in [0.2, 0.25) is 5.02 Å². The quantitative estimate of drug-likeness (QED) is 0.445. The number of piperidine rings is 1. The minimum Gasteiger partial charge on any atom is -0.455 e. The lowest BCUT2D eigenvalue weighted by atomic mass is 9.97. The largest absolute Gasteiger partial charge is 0.455 e. The number of ether oxygens (including phenoxy) is 1. The first kappa shape index (κ1) is 25.6. The number of hydrogen-bond donors (Lipinski definition) is 1. The predicted octanol–water partition coefficient (Wildman–Crippen LogP) is 5.17. The van der Waals surface area contributed by atoms with Gasteiger partial charge in [0.15, 0.2) is 6.61 Å². The number of esters is 1. The Kier molecular flexibility index (Phi) is 7.59. The second kappa shape index (κ2) is 10.1. The van der Waals surface area contributed by atoms with Gasteiger partial charge in [-0.3, -0.25) is 9.59 Å². The third-order valence-corrected chi connectivity index (χ3v) is 5.47. The molecule has 184 valence electrons. The number of nitrogens with zero attached hydrogens (tertiary/aromatic N) is 2. The van der Waals surface area contributed by atoms with Crippen LogP contribution in [-0.2, 0) is 26.7 Å². The summed E-state index contributed by atoms with van der Waals surface area (Å²) in [5, 5.41) is 1.70. The fraction of sp³-hybridized carbons (Fsp3) is 0.381. The summed E-state index contributed by atoms with van der Waals surface area (Å²) < 4.78 is 82.2. The van der Waals surface area contributed by atoms with Gasteiger partial charge in [0.2, 0.25) is 0 Å². The van der Waals surface area contributed by atoms with E-state index in [9.17, 15) is 35.9 Å².